The molecule has 3 nitrogen and oxygen atoms in total. The third-order valence-corrected chi connectivity index (χ3v) is 4.49. The molecule has 0 spiro atoms. The van der Waals surface area contributed by atoms with Crippen LogP contribution in [0.5, 0.6) is 0 Å². The monoisotopic (exact) mass is 283 g/mol. The van der Waals surface area contributed by atoms with E-state index >= 15 is 0 Å². The minimum absolute atomic E-state index is 0.358. The SMILES string of the molecule is CC(c1ccncc1)N(C)Cc1cnc2ccsc2c1. The van der Waals surface area contributed by atoms with Crippen molar-refractivity contribution in [1.29, 1.82) is 0 Å². The predicted octanol–water partition coefficient (Wildman–Crippen LogP) is 3.88. The first-order chi connectivity index (χ1) is 9.74. The largest absolute Gasteiger partial charge is 0.295 e. The van der Waals surface area contributed by atoms with Crippen molar-refractivity contribution in [3.63, 3.8) is 0 Å². The molecule has 0 fully saturated rings. The van der Waals surface area contributed by atoms with Crippen molar-refractivity contribution < 1.29 is 0 Å². The van der Waals surface area contributed by atoms with Gasteiger partial charge in [0, 0.05) is 31.2 Å². The third-order valence-electron chi connectivity index (χ3n) is 3.64. The highest BCUT2D eigenvalue weighted by molar-refractivity contribution is 7.17. The number of aromatic nitrogens is 2. The quantitative estimate of drug-likeness (QED) is 0.727. The van der Waals surface area contributed by atoms with Gasteiger partial charge in [0.15, 0.2) is 0 Å². The fourth-order valence-electron chi connectivity index (χ4n) is 2.29. The molecule has 0 saturated carbocycles. The van der Waals surface area contributed by atoms with Gasteiger partial charge in [-0.3, -0.25) is 14.9 Å². The summed E-state index contributed by atoms with van der Waals surface area (Å²) in [6.45, 7) is 3.11. The maximum Gasteiger partial charge on any atom is 0.0809 e. The van der Waals surface area contributed by atoms with Crippen molar-refractivity contribution >= 4 is 21.6 Å². The van der Waals surface area contributed by atoms with E-state index in [0.29, 0.717) is 6.04 Å². The molecule has 3 heterocycles. The van der Waals surface area contributed by atoms with Crippen molar-refractivity contribution in [3.05, 3.63) is 59.4 Å². The molecule has 20 heavy (non-hydrogen) atoms. The number of nitrogens with zero attached hydrogens (tertiary/aromatic N) is 3. The second-order valence-electron chi connectivity index (χ2n) is 5.02. The molecule has 0 aliphatic carbocycles. The summed E-state index contributed by atoms with van der Waals surface area (Å²) in [5.74, 6) is 0. The van der Waals surface area contributed by atoms with Crippen LogP contribution >= 0.6 is 11.3 Å². The van der Waals surface area contributed by atoms with Crippen LogP contribution in [0.25, 0.3) is 10.2 Å². The highest BCUT2D eigenvalue weighted by Gasteiger charge is 2.12. The first-order valence-corrected chi connectivity index (χ1v) is 7.54. The Kier molecular flexibility index (Phi) is 3.76. The summed E-state index contributed by atoms with van der Waals surface area (Å²) in [6.07, 6.45) is 5.67. The standard InChI is InChI=1S/C16H17N3S/c1-12(14-3-6-17-7-4-14)19(2)11-13-9-16-15(18-10-13)5-8-20-16/h3-10,12H,11H2,1-2H3. The summed E-state index contributed by atoms with van der Waals surface area (Å²) < 4.78 is 1.26. The zero-order chi connectivity index (χ0) is 13.9. The average Bonchev–Trinajstić information content (AvgIpc) is 2.95. The van der Waals surface area contributed by atoms with Gasteiger partial charge >= 0.3 is 0 Å². The van der Waals surface area contributed by atoms with E-state index in [9.17, 15) is 0 Å². The molecule has 0 N–H and O–H groups in total. The van der Waals surface area contributed by atoms with Crippen molar-refractivity contribution in [1.82, 2.24) is 14.9 Å². The van der Waals surface area contributed by atoms with E-state index in [2.05, 4.69) is 58.5 Å². The molecule has 1 atom stereocenters. The lowest BCUT2D eigenvalue weighted by molar-refractivity contribution is 0.253. The summed E-state index contributed by atoms with van der Waals surface area (Å²) in [7, 11) is 2.14. The molecule has 0 aliphatic rings. The van der Waals surface area contributed by atoms with Gasteiger partial charge in [0.25, 0.3) is 0 Å². The first-order valence-electron chi connectivity index (χ1n) is 6.66. The van der Waals surface area contributed by atoms with E-state index < -0.39 is 0 Å². The second-order valence-corrected chi connectivity index (χ2v) is 5.97. The summed E-state index contributed by atoms with van der Waals surface area (Å²) in [5.41, 5.74) is 3.62. The van der Waals surface area contributed by atoms with E-state index in [-0.39, 0.29) is 0 Å². The highest BCUT2D eigenvalue weighted by atomic mass is 32.1. The smallest absolute Gasteiger partial charge is 0.0809 e. The number of hydrogen-bond donors (Lipinski definition) is 0. The van der Waals surface area contributed by atoms with E-state index in [1.807, 2.05) is 18.6 Å². The molecule has 0 bridgehead atoms. The van der Waals surface area contributed by atoms with Crippen LogP contribution in [-0.2, 0) is 6.54 Å². The summed E-state index contributed by atoms with van der Waals surface area (Å²) in [6, 6.07) is 8.80. The average molecular weight is 283 g/mol. The second kappa shape index (κ2) is 5.69. The topological polar surface area (TPSA) is 29.0 Å². The molecule has 1 unspecified atom stereocenters. The molecule has 0 aromatic carbocycles. The molecule has 102 valence electrons. The van der Waals surface area contributed by atoms with Gasteiger partial charge < -0.3 is 0 Å². The zero-order valence-corrected chi connectivity index (χ0v) is 12.5. The fraction of sp³-hybridized carbons (Fsp3) is 0.250. The Balaban J connectivity index is 1.76. The van der Waals surface area contributed by atoms with Gasteiger partial charge in [0.05, 0.1) is 10.2 Å². The number of hydrogen-bond acceptors (Lipinski definition) is 4. The van der Waals surface area contributed by atoms with Crippen LogP contribution in [0.2, 0.25) is 0 Å². The third kappa shape index (κ3) is 2.71. The van der Waals surface area contributed by atoms with E-state index in [1.54, 1.807) is 11.3 Å². The van der Waals surface area contributed by atoms with Crippen LogP contribution < -0.4 is 0 Å². The number of rotatable bonds is 4. The Morgan fingerprint density at radius 1 is 1.25 bits per heavy atom. The fourth-order valence-corrected chi connectivity index (χ4v) is 3.10. The minimum Gasteiger partial charge on any atom is -0.295 e. The van der Waals surface area contributed by atoms with Gasteiger partial charge in [0.1, 0.15) is 0 Å². The maximum atomic E-state index is 4.50. The molecule has 3 aromatic heterocycles. The number of fused-ring (bicyclic) bond motifs is 1. The predicted molar refractivity (Wildman–Crippen MR) is 83.7 cm³/mol. The van der Waals surface area contributed by atoms with Crippen LogP contribution in [0.1, 0.15) is 24.1 Å². The molecule has 0 radical (unpaired) electrons. The van der Waals surface area contributed by atoms with Crippen LogP contribution in [0.15, 0.2) is 48.2 Å². The van der Waals surface area contributed by atoms with Gasteiger partial charge in [-0.1, -0.05) is 0 Å². The van der Waals surface area contributed by atoms with Gasteiger partial charge in [-0.25, -0.2) is 0 Å². The van der Waals surface area contributed by atoms with Crippen molar-refractivity contribution in [2.24, 2.45) is 0 Å². The van der Waals surface area contributed by atoms with Crippen molar-refractivity contribution in [2.75, 3.05) is 7.05 Å². The Labute approximate surface area is 122 Å². The van der Waals surface area contributed by atoms with Crippen molar-refractivity contribution in [2.45, 2.75) is 19.5 Å². The Morgan fingerprint density at radius 2 is 2.05 bits per heavy atom. The van der Waals surface area contributed by atoms with Gasteiger partial charge in [-0.05, 0) is 54.7 Å². The number of pyridine rings is 2. The lowest BCUT2D eigenvalue weighted by Crippen LogP contribution is -2.21. The Hall–Kier alpha value is -1.78. The molecule has 0 aliphatic heterocycles. The van der Waals surface area contributed by atoms with E-state index in [1.165, 1.54) is 15.8 Å². The van der Waals surface area contributed by atoms with Crippen molar-refractivity contribution in [3.8, 4) is 0 Å². The van der Waals surface area contributed by atoms with E-state index in [0.717, 1.165) is 12.1 Å². The first kappa shape index (κ1) is 13.2. The lowest BCUT2D eigenvalue weighted by atomic mass is 10.1. The molecule has 4 heteroatoms. The maximum absolute atomic E-state index is 4.50. The van der Waals surface area contributed by atoms with Gasteiger partial charge in [-0.2, -0.15) is 0 Å². The van der Waals surface area contributed by atoms with Crippen LogP contribution in [0, 0.1) is 0 Å². The Morgan fingerprint density at radius 3 is 2.85 bits per heavy atom. The molecule has 3 aromatic rings. The van der Waals surface area contributed by atoms with Gasteiger partial charge in [0.2, 0.25) is 0 Å². The normalized spacial score (nSPS) is 12.9. The zero-order valence-electron chi connectivity index (χ0n) is 11.7. The molecule has 3 rings (SSSR count). The molecule has 0 amide bonds. The molecular formula is C16H17N3S. The van der Waals surface area contributed by atoms with Gasteiger partial charge in [-0.15, -0.1) is 11.3 Å². The van der Waals surface area contributed by atoms with Crippen LogP contribution in [0.4, 0.5) is 0 Å². The van der Waals surface area contributed by atoms with Crippen LogP contribution in [0.3, 0.4) is 0 Å². The highest BCUT2D eigenvalue weighted by Crippen LogP contribution is 2.23. The Bertz CT molecular complexity index is 693. The molecular weight excluding hydrogens is 266 g/mol. The van der Waals surface area contributed by atoms with Crippen LogP contribution in [-0.4, -0.2) is 21.9 Å². The summed E-state index contributed by atoms with van der Waals surface area (Å²) in [5, 5.41) is 2.09. The minimum atomic E-state index is 0.358. The molecule has 0 saturated heterocycles. The summed E-state index contributed by atoms with van der Waals surface area (Å²) in [4.78, 5) is 10.9. The summed E-state index contributed by atoms with van der Waals surface area (Å²) >= 11 is 1.74. The lowest BCUT2D eigenvalue weighted by Gasteiger charge is -2.24. The van der Waals surface area contributed by atoms with E-state index in [4.69, 9.17) is 0 Å². The number of thiophene rings is 1.